The Morgan fingerprint density at radius 1 is 1.07 bits per heavy atom. The molecule has 0 amide bonds. The van der Waals surface area contributed by atoms with Crippen molar-refractivity contribution in [1.29, 1.82) is 0 Å². The van der Waals surface area contributed by atoms with E-state index in [1.54, 1.807) is 19.2 Å². The lowest BCUT2D eigenvalue weighted by Crippen LogP contribution is -2.04. The van der Waals surface area contributed by atoms with Crippen LogP contribution in [0.5, 0.6) is 11.5 Å². The van der Waals surface area contributed by atoms with Crippen molar-refractivity contribution in [1.82, 2.24) is 0 Å². The maximum absolute atomic E-state index is 11.6. The number of hydrogen-bond donors (Lipinski definition) is 2. The van der Waals surface area contributed by atoms with E-state index >= 15 is 0 Å². The predicted molar refractivity (Wildman–Crippen MR) is 117 cm³/mol. The summed E-state index contributed by atoms with van der Waals surface area (Å²) in [4.78, 5) is 12.0. The Kier molecular flexibility index (Phi) is 6.90. The molecule has 0 fully saturated rings. The maximum Gasteiger partial charge on any atom is 0.309 e. The third-order valence-electron chi connectivity index (χ3n) is 4.24. The molecule has 0 atom stereocenters. The van der Waals surface area contributed by atoms with Crippen LogP contribution < -0.4 is 9.46 Å². The second-order valence-corrected chi connectivity index (χ2v) is 7.42. The third-order valence-corrected chi connectivity index (χ3v) is 5.38. The van der Waals surface area contributed by atoms with Gasteiger partial charge in [0, 0.05) is 0 Å². The third kappa shape index (κ3) is 5.16. The van der Waals surface area contributed by atoms with E-state index in [1.807, 2.05) is 48.5 Å². The van der Waals surface area contributed by atoms with Gasteiger partial charge in [0.05, 0.1) is 36.2 Å². The molecule has 0 unspecified atom stereocenters. The Hall–Kier alpha value is -2.83. The van der Waals surface area contributed by atoms with Crippen LogP contribution in [0.4, 0.5) is 5.69 Å². The zero-order valence-corrected chi connectivity index (χ0v) is 17.5. The van der Waals surface area contributed by atoms with Gasteiger partial charge in [-0.15, -0.1) is 0 Å². The fourth-order valence-corrected chi connectivity index (χ4v) is 3.85. The molecule has 0 saturated carbocycles. The van der Waals surface area contributed by atoms with Gasteiger partial charge in [0.1, 0.15) is 11.5 Å². The highest BCUT2D eigenvalue weighted by Gasteiger charge is 2.14. The molecule has 3 aromatic carbocycles. The van der Waals surface area contributed by atoms with Gasteiger partial charge in [-0.3, -0.25) is 4.79 Å². The number of ether oxygens (including phenoxy) is 2. The fraction of sp³-hybridized carbons (Fsp3) is 0.136. The fourth-order valence-electron chi connectivity index (χ4n) is 2.75. The van der Waals surface area contributed by atoms with Crippen molar-refractivity contribution in [3.8, 4) is 22.6 Å². The van der Waals surface area contributed by atoms with Crippen LogP contribution >= 0.6 is 23.5 Å². The minimum atomic E-state index is -0.382. The van der Waals surface area contributed by atoms with E-state index in [1.165, 1.54) is 19.1 Å². The van der Waals surface area contributed by atoms with Crippen molar-refractivity contribution >= 4 is 35.2 Å². The summed E-state index contributed by atoms with van der Waals surface area (Å²) in [5, 5.41) is 10.5. The standard InChI is InChI=1S/C22H20ClNO4S/c1-27-19-9-8-16(15-6-4-3-5-7-15)13-18(19)24-29-20-11-14(12-21(25)28-2)10-17(23)22(20)26/h3-11,13,24,26H,12H2,1-2H3. The lowest BCUT2D eigenvalue weighted by atomic mass is 10.1. The topological polar surface area (TPSA) is 67.8 Å². The summed E-state index contributed by atoms with van der Waals surface area (Å²) in [6, 6.07) is 19.1. The molecule has 0 aliphatic carbocycles. The molecule has 29 heavy (non-hydrogen) atoms. The number of nitrogens with one attached hydrogen (secondary N) is 1. The molecule has 0 saturated heterocycles. The van der Waals surface area contributed by atoms with Gasteiger partial charge >= 0.3 is 5.97 Å². The van der Waals surface area contributed by atoms with Crippen LogP contribution in [0.1, 0.15) is 5.56 Å². The molecule has 7 heteroatoms. The normalized spacial score (nSPS) is 10.4. The minimum absolute atomic E-state index is 0.0593. The number of hydrogen-bond acceptors (Lipinski definition) is 6. The molecule has 3 aromatic rings. The van der Waals surface area contributed by atoms with Gasteiger partial charge in [0.25, 0.3) is 0 Å². The number of methoxy groups -OCH3 is 2. The van der Waals surface area contributed by atoms with Gasteiger partial charge in [0.2, 0.25) is 0 Å². The molecule has 0 aliphatic rings. The Morgan fingerprint density at radius 3 is 2.52 bits per heavy atom. The zero-order valence-electron chi connectivity index (χ0n) is 15.9. The molecule has 0 heterocycles. The number of carbonyl (C=O) groups is 1. The van der Waals surface area contributed by atoms with Gasteiger partial charge in [-0.25, -0.2) is 0 Å². The summed E-state index contributed by atoms with van der Waals surface area (Å²) < 4.78 is 13.3. The Bertz CT molecular complexity index is 1010. The summed E-state index contributed by atoms with van der Waals surface area (Å²) in [6.45, 7) is 0. The lowest BCUT2D eigenvalue weighted by Gasteiger charge is -2.14. The Balaban J connectivity index is 1.86. The molecule has 5 nitrogen and oxygen atoms in total. The van der Waals surface area contributed by atoms with Gasteiger partial charge in [-0.2, -0.15) is 0 Å². The summed E-state index contributed by atoms with van der Waals surface area (Å²) in [5.74, 6) is 0.220. The van der Waals surface area contributed by atoms with Crippen LogP contribution in [-0.4, -0.2) is 25.3 Å². The van der Waals surface area contributed by atoms with Crippen LogP contribution in [-0.2, 0) is 16.0 Å². The average molecular weight is 430 g/mol. The minimum Gasteiger partial charge on any atom is -0.505 e. The highest BCUT2D eigenvalue weighted by atomic mass is 35.5. The number of halogens is 1. The monoisotopic (exact) mass is 429 g/mol. The van der Waals surface area contributed by atoms with Gasteiger partial charge in [-0.1, -0.05) is 48.0 Å². The molecule has 0 aromatic heterocycles. The van der Waals surface area contributed by atoms with Crippen molar-refractivity contribution in [3.63, 3.8) is 0 Å². The van der Waals surface area contributed by atoms with Crippen LogP contribution in [0.15, 0.2) is 65.6 Å². The number of aromatic hydroxyl groups is 1. The van der Waals surface area contributed by atoms with Crippen LogP contribution in [0.25, 0.3) is 11.1 Å². The number of esters is 1. The molecule has 0 aliphatic heterocycles. The zero-order chi connectivity index (χ0) is 20.8. The molecule has 0 bridgehead atoms. The molecule has 2 N–H and O–H groups in total. The predicted octanol–water partition coefficient (Wildman–Crippen LogP) is 5.56. The van der Waals surface area contributed by atoms with E-state index in [0.717, 1.165) is 16.8 Å². The van der Waals surface area contributed by atoms with Crippen LogP contribution in [0.2, 0.25) is 5.02 Å². The van der Waals surface area contributed by atoms with Crippen molar-refractivity contribution < 1.29 is 19.4 Å². The summed E-state index contributed by atoms with van der Waals surface area (Å²) in [6.07, 6.45) is 0.0663. The molecular weight excluding hydrogens is 410 g/mol. The number of anilines is 1. The maximum atomic E-state index is 11.6. The quantitative estimate of drug-likeness (QED) is 0.379. The number of benzene rings is 3. The Morgan fingerprint density at radius 2 is 1.83 bits per heavy atom. The van der Waals surface area contributed by atoms with Crippen molar-refractivity contribution in [3.05, 3.63) is 71.2 Å². The van der Waals surface area contributed by atoms with Gasteiger partial charge in [-0.05, 0) is 52.9 Å². The number of phenolic OH excluding ortho intramolecular Hbond substituents is 1. The Labute approximate surface area is 178 Å². The summed E-state index contributed by atoms with van der Waals surface area (Å²) >= 11 is 7.30. The van der Waals surface area contributed by atoms with Gasteiger partial charge < -0.3 is 19.3 Å². The smallest absolute Gasteiger partial charge is 0.309 e. The number of carbonyl (C=O) groups excluding carboxylic acids is 1. The number of phenols is 1. The van der Waals surface area contributed by atoms with Crippen molar-refractivity contribution in [2.75, 3.05) is 18.9 Å². The largest absolute Gasteiger partial charge is 0.505 e. The number of rotatable bonds is 7. The molecular formula is C22H20ClNO4S. The summed E-state index contributed by atoms with van der Waals surface area (Å²) in [7, 11) is 2.92. The first-order chi connectivity index (χ1) is 14.0. The van der Waals surface area contributed by atoms with E-state index in [-0.39, 0.29) is 23.2 Å². The lowest BCUT2D eigenvalue weighted by molar-refractivity contribution is -0.139. The molecule has 3 rings (SSSR count). The van der Waals surface area contributed by atoms with E-state index in [2.05, 4.69) is 4.72 Å². The second kappa shape index (κ2) is 9.58. The van der Waals surface area contributed by atoms with Gasteiger partial charge in [0.15, 0.2) is 0 Å². The van der Waals surface area contributed by atoms with Crippen molar-refractivity contribution in [2.24, 2.45) is 0 Å². The molecule has 0 spiro atoms. The van der Waals surface area contributed by atoms with Crippen LogP contribution in [0.3, 0.4) is 0 Å². The van der Waals surface area contributed by atoms with Crippen molar-refractivity contribution in [2.45, 2.75) is 11.3 Å². The first-order valence-electron chi connectivity index (χ1n) is 8.76. The van der Waals surface area contributed by atoms with Crippen LogP contribution in [0, 0.1) is 0 Å². The van der Waals surface area contributed by atoms with E-state index in [0.29, 0.717) is 16.2 Å². The highest BCUT2D eigenvalue weighted by Crippen LogP contribution is 2.39. The SMILES string of the molecule is COC(=O)Cc1cc(Cl)c(O)c(SNc2cc(-c3ccccc3)ccc2OC)c1. The first kappa shape index (κ1) is 20.9. The van der Waals surface area contributed by atoms with E-state index < -0.39 is 0 Å². The highest BCUT2D eigenvalue weighted by molar-refractivity contribution is 8.00. The van der Waals surface area contributed by atoms with E-state index in [4.69, 9.17) is 21.1 Å². The summed E-state index contributed by atoms with van der Waals surface area (Å²) in [5.41, 5.74) is 3.49. The van der Waals surface area contributed by atoms with E-state index in [9.17, 15) is 9.90 Å². The molecule has 150 valence electrons. The molecule has 0 radical (unpaired) electrons. The average Bonchev–Trinajstić information content (AvgIpc) is 2.75. The first-order valence-corrected chi connectivity index (χ1v) is 9.95. The second-order valence-electron chi connectivity index (χ2n) is 6.16.